The number of anilines is 2. The molecule has 3 aromatic rings. The van der Waals surface area contributed by atoms with Crippen LogP contribution in [0.5, 0.6) is 0 Å². The summed E-state index contributed by atoms with van der Waals surface area (Å²) < 4.78 is 0. The number of benzene rings is 2. The molecule has 0 spiro atoms. The van der Waals surface area contributed by atoms with Crippen molar-refractivity contribution in [2.75, 3.05) is 10.6 Å². The second-order valence-electron chi connectivity index (χ2n) is 6.30. The van der Waals surface area contributed by atoms with Crippen LogP contribution in [0.15, 0.2) is 60.0 Å². The van der Waals surface area contributed by atoms with Gasteiger partial charge >= 0.3 is 0 Å². The van der Waals surface area contributed by atoms with Crippen LogP contribution in [0.25, 0.3) is 0 Å². The number of aryl methyl sites for hydroxylation is 2. The summed E-state index contributed by atoms with van der Waals surface area (Å²) in [5.41, 5.74) is 3.87. The van der Waals surface area contributed by atoms with Gasteiger partial charge in [0.25, 0.3) is 11.8 Å². The lowest BCUT2D eigenvalue weighted by atomic mass is 10.1. The van der Waals surface area contributed by atoms with Crippen LogP contribution < -0.4 is 16.0 Å². The summed E-state index contributed by atoms with van der Waals surface area (Å²) in [4.78, 5) is 25.2. The molecule has 1 heterocycles. The summed E-state index contributed by atoms with van der Waals surface area (Å²) in [6.45, 7) is 3.88. The van der Waals surface area contributed by atoms with Crippen LogP contribution in [0, 0.1) is 13.8 Å². The van der Waals surface area contributed by atoms with E-state index in [2.05, 4.69) is 16.0 Å². The predicted molar refractivity (Wildman–Crippen MR) is 118 cm³/mol. The van der Waals surface area contributed by atoms with Gasteiger partial charge in [0.15, 0.2) is 5.11 Å². The molecular formula is C21H19N3O2S2. The van der Waals surface area contributed by atoms with E-state index in [0.717, 1.165) is 11.1 Å². The van der Waals surface area contributed by atoms with E-state index < -0.39 is 0 Å². The third-order valence-electron chi connectivity index (χ3n) is 3.83. The minimum absolute atomic E-state index is 0.169. The molecule has 0 fully saturated rings. The molecule has 3 rings (SSSR count). The minimum Gasteiger partial charge on any atom is -0.332 e. The molecule has 2 aromatic carbocycles. The quantitative estimate of drug-likeness (QED) is 0.544. The van der Waals surface area contributed by atoms with Gasteiger partial charge in [0.2, 0.25) is 0 Å². The van der Waals surface area contributed by atoms with Gasteiger partial charge in [0, 0.05) is 16.9 Å². The summed E-state index contributed by atoms with van der Waals surface area (Å²) in [6.07, 6.45) is 0. The van der Waals surface area contributed by atoms with Crippen LogP contribution >= 0.6 is 23.6 Å². The molecule has 5 nitrogen and oxygen atoms in total. The third-order valence-corrected chi connectivity index (χ3v) is 4.91. The first kappa shape index (κ1) is 19.7. The Kier molecular flexibility index (Phi) is 6.18. The van der Waals surface area contributed by atoms with Crippen LogP contribution in [0.3, 0.4) is 0 Å². The first-order chi connectivity index (χ1) is 13.4. The van der Waals surface area contributed by atoms with Gasteiger partial charge in [-0.2, -0.15) is 0 Å². The van der Waals surface area contributed by atoms with Gasteiger partial charge in [-0.25, -0.2) is 0 Å². The summed E-state index contributed by atoms with van der Waals surface area (Å²) in [6, 6.07) is 16.3. The van der Waals surface area contributed by atoms with Gasteiger partial charge in [-0.05, 0) is 67.8 Å². The van der Waals surface area contributed by atoms with Crippen molar-refractivity contribution in [1.82, 2.24) is 5.32 Å². The van der Waals surface area contributed by atoms with Crippen LogP contribution in [0.4, 0.5) is 11.4 Å². The van der Waals surface area contributed by atoms with Gasteiger partial charge in [-0.15, -0.1) is 11.3 Å². The van der Waals surface area contributed by atoms with Gasteiger partial charge in [-0.1, -0.05) is 29.3 Å². The Bertz CT molecular complexity index is 1010. The SMILES string of the molecule is Cc1cc(C)cc(C(=O)NC(=S)Nc2cccc(NC(=O)c3cccs3)c2)c1. The lowest BCUT2D eigenvalue weighted by Gasteiger charge is -2.12. The van der Waals surface area contributed by atoms with E-state index >= 15 is 0 Å². The fraction of sp³-hybridized carbons (Fsp3) is 0.0952. The Morgan fingerprint density at radius 1 is 0.857 bits per heavy atom. The average Bonchev–Trinajstić information content (AvgIpc) is 3.16. The highest BCUT2D eigenvalue weighted by Crippen LogP contribution is 2.17. The van der Waals surface area contributed by atoms with Crippen LogP contribution in [-0.4, -0.2) is 16.9 Å². The molecule has 0 atom stereocenters. The lowest BCUT2D eigenvalue weighted by Crippen LogP contribution is -2.34. The average molecular weight is 410 g/mol. The molecule has 0 saturated carbocycles. The number of carbonyl (C=O) groups is 2. The first-order valence-corrected chi connectivity index (χ1v) is 9.85. The Morgan fingerprint density at radius 3 is 2.18 bits per heavy atom. The number of rotatable bonds is 4. The highest BCUT2D eigenvalue weighted by molar-refractivity contribution is 7.80. The zero-order valence-corrected chi connectivity index (χ0v) is 17.0. The molecule has 2 amide bonds. The molecule has 0 saturated heterocycles. The number of thiophene rings is 1. The summed E-state index contributed by atoms with van der Waals surface area (Å²) in [5, 5.41) is 10.5. The van der Waals surface area contributed by atoms with Gasteiger partial charge in [0.1, 0.15) is 0 Å². The predicted octanol–water partition coefficient (Wildman–Crippen LogP) is 4.74. The number of hydrogen-bond acceptors (Lipinski definition) is 4. The topological polar surface area (TPSA) is 70.2 Å². The highest BCUT2D eigenvalue weighted by Gasteiger charge is 2.10. The maximum atomic E-state index is 12.4. The Labute approximate surface area is 172 Å². The number of nitrogens with one attached hydrogen (secondary N) is 3. The lowest BCUT2D eigenvalue weighted by molar-refractivity contribution is 0.0976. The van der Waals surface area contributed by atoms with Crippen molar-refractivity contribution < 1.29 is 9.59 Å². The van der Waals surface area contributed by atoms with E-state index in [4.69, 9.17) is 12.2 Å². The number of amides is 2. The van der Waals surface area contributed by atoms with Crippen molar-refractivity contribution >= 4 is 51.9 Å². The van der Waals surface area contributed by atoms with Gasteiger partial charge < -0.3 is 10.6 Å². The maximum Gasteiger partial charge on any atom is 0.265 e. The van der Waals surface area contributed by atoms with Crippen LogP contribution in [-0.2, 0) is 0 Å². The standard InChI is InChI=1S/C21H19N3O2S2/c1-13-9-14(2)11-15(10-13)19(25)24-21(27)23-17-6-3-5-16(12-17)22-20(26)18-7-4-8-28-18/h3-12H,1-2H3,(H,22,26)(H2,23,24,25,27). The van der Waals surface area contributed by atoms with Crippen molar-refractivity contribution in [2.24, 2.45) is 0 Å². The van der Waals surface area contributed by atoms with E-state index in [0.29, 0.717) is 21.8 Å². The smallest absolute Gasteiger partial charge is 0.265 e. The molecule has 0 aliphatic heterocycles. The first-order valence-electron chi connectivity index (χ1n) is 8.56. The zero-order chi connectivity index (χ0) is 20.1. The number of thiocarbonyl (C=S) groups is 1. The molecule has 0 unspecified atom stereocenters. The van der Waals surface area contributed by atoms with Crippen LogP contribution in [0.2, 0.25) is 0 Å². The van der Waals surface area contributed by atoms with Gasteiger partial charge in [-0.3, -0.25) is 14.9 Å². The normalized spacial score (nSPS) is 10.2. The van der Waals surface area contributed by atoms with Crippen LogP contribution in [0.1, 0.15) is 31.2 Å². The molecule has 1 aromatic heterocycles. The second-order valence-corrected chi connectivity index (χ2v) is 7.65. The molecular weight excluding hydrogens is 390 g/mol. The van der Waals surface area contributed by atoms with Crippen molar-refractivity contribution in [3.05, 3.63) is 81.5 Å². The number of hydrogen-bond donors (Lipinski definition) is 3. The van der Waals surface area contributed by atoms with E-state index in [-0.39, 0.29) is 16.9 Å². The summed E-state index contributed by atoms with van der Waals surface area (Å²) >= 11 is 6.62. The molecule has 3 N–H and O–H groups in total. The number of carbonyl (C=O) groups excluding carboxylic acids is 2. The van der Waals surface area contributed by atoms with Crippen molar-refractivity contribution in [2.45, 2.75) is 13.8 Å². The van der Waals surface area contributed by atoms with Crippen molar-refractivity contribution in [1.29, 1.82) is 0 Å². The van der Waals surface area contributed by atoms with Crippen molar-refractivity contribution in [3.63, 3.8) is 0 Å². The fourth-order valence-electron chi connectivity index (χ4n) is 2.72. The second kappa shape index (κ2) is 8.77. The van der Waals surface area contributed by atoms with E-state index in [9.17, 15) is 9.59 Å². The molecule has 0 radical (unpaired) electrons. The molecule has 0 aliphatic rings. The zero-order valence-electron chi connectivity index (χ0n) is 15.4. The Balaban J connectivity index is 1.62. The Morgan fingerprint density at radius 2 is 1.54 bits per heavy atom. The van der Waals surface area contributed by atoms with Crippen molar-refractivity contribution in [3.8, 4) is 0 Å². The fourth-order valence-corrected chi connectivity index (χ4v) is 3.55. The molecule has 28 heavy (non-hydrogen) atoms. The summed E-state index contributed by atoms with van der Waals surface area (Å²) in [7, 11) is 0. The molecule has 142 valence electrons. The van der Waals surface area contributed by atoms with E-state index in [1.54, 1.807) is 30.3 Å². The molecule has 7 heteroatoms. The largest absolute Gasteiger partial charge is 0.332 e. The molecule has 0 aliphatic carbocycles. The summed E-state index contributed by atoms with van der Waals surface area (Å²) in [5.74, 6) is -0.440. The minimum atomic E-state index is -0.272. The van der Waals surface area contributed by atoms with E-state index in [1.165, 1.54) is 11.3 Å². The highest BCUT2D eigenvalue weighted by atomic mass is 32.1. The van der Waals surface area contributed by atoms with E-state index in [1.807, 2.05) is 43.5 Å². The monoisotopic (exact) mass is 409 g/mol. The van der Waals surface area contributed by atoms with Gasteiger partial charge in [0.05, 0.1) is 4.88 Å². The Hall–Kier alpha value is -3.03. The maximum absolute atomic E-state index is 12.4. The third kappa shape index (κ3) is 5.25. The molecule has 0 bridgehead atoms.